The Morgan fingerprint density at radius 1 is 0.765 bits per heavy atom. The number of nitrogens with zero attached hydrogens (tertiary/aromatic N) is 2. The van der Waals surface area contributed by atoms with Crippen LogP contribution in [0.1, 0.15) is 83.7 Å². The summed E-state index contributed by atoms with van der Waals surface area (Å²) in [4.78, 5) is 18.8. The largest absolute Gasteiger partial charge is 0.375 e. The predicted octanol–water partition coefficient (Wildman–Crippen LogP) is 7.50. The Morgan fingerprint density at radius 3 is 1.79 bits per heavy atom. The van der Waals surface area contributed by atoms with Crippen LogP contribution < -0.4 is 4.90 Å². The zero-order chi connectivity index (χ0) is 25.6. The molecule has 0 aliphatic carbocycles. The van der Waals surface area contributed by atoms with Crippen molar-refractivity contribution in [3.8, 4) is 0 Å². The van der Waals surface area contributed by atoms with Gasteiger partial charge in [-0.1, -0.05) is 78.8 Å². The average Bonchev–Trinajstić information content (AvgIpc) is 2.79. The molecule has 34 heavy (non-hydrogen) atoms. The monoisotopic (exact) mass is 464 g/mol. The lowest BCUT2D eigenvalue weighted by atomic mass is 9.79. The number of benzene rings is 2. The number of anilines is 1. The zero-order valence-corrected chi connectivity index (χ0v) is 23.2. The topological polar surface area (TPSA) is 23.6 Å². The zero-order valence-electron chi connectivity index (χ0n) is 23.2. The van der Waals surface area contributed by atoms with Gasteiger partial charge in [0, 0.05) is 24.8 Å². The molecular weight excluding hydrogens is 416 g/mol. The van der Waals surface area contributed by atoms with E-state index in [1.54, 1.807) is 0 Å². The van der Waals surface area contributed by atoms with Gasteiger partial charge in [-0.3, -0.25) is 9.69 Å². The second-order valence-electron chi connectivity index (χ2n) is 12.4. The van der Waals surface area contributed by atoms with Crippen LogP contribution in [0.4, 0.5) is 5.69 Å². The van der Waals surface area contributed by atoms with Gasteiger partial charge in [0.25, 0.3) is 0 Å². The van der Waals surface area contributed by atoms with E-state index in [0.717, 1.165) is 50.0 Å². The summed E-state index contributed by atoms with van der Waals surface area (Å²) < 4.78 is 0. The molecule has 188 valence electrons. The average molecular weight is 465 g/mol. The molecule has 0 saturated carbocycles. The van der Waals surface area contributed by atoms with E-state index in [0.29, 0.717) is 5.41 Å². The first-order valence-electron chi connectivity index (χ1n) is 12.9. The fourth-order valence-electron chi connectivity index (χ4n) is 4.36. The highest BCUT2D eigenvalue weighted by atomic mass is 16.1. The molecule has 3 nitrogen and oxygen atoms in total. The van der Waals surface area contributed by atoms with Crippen LogP contribution in [0.3, 0.4) is 0 Å². The summed E-state index contributed by atoms with van der Waals surface area (Å²) in [5, 5.41) is 0. The molecule has 2 aromatic rings. The van der Waals surface area contributed by atoms with E-state index < -0.39 is 5.54 Å². The van der Waals surface area contributed by atoms with Crippen molar-refractivity contribution < 1.29 is 4.79 Å². The third kappa shape index (κ3) is 7.98. The second kappa shape index (κ2) is 11.5. The lowest BCUT2D eigenvalue weighted by molar-refractivity contribution is 0.0569. The van der Waals surface area contributed by atoms with E-state index in [9.17, 15) is 4.79 Å². The lowest BCUT2D eigenvalue weighted by Crippen LogP contribution is -2.55. The molecule has 0 saturated heterocycles. The molecule has 2 rings (SSSR count). The van der Waals surface area contributed by atoms with Gasteiger partial charge in [0.2, 0.25) is 0 Å². The van der Waals surface area contributed by atoms with Gasteiger partial charge in [0.15, 0.2) is 5.78 Å². The number of carbonyl (C=O) groups excluding carboxylic acids is 1. The summed E-state index contributed by atoms with van der Waals surface area (Å²) >= 11 is 0. The summed E-state index contributed by atoms with van der Waals surface area (Å²) in [6, 6.07) is 18.7. The van der Waals surface area contributed by atoms with Gasteiger partial charge < -0.3 is 4.90 Å². The molecule has 0 aliphatic heterocycles. The second-order valence-corrected chi connectivity index (χ2v) is 12.4. The maximum Gasteiger partial charge on any atom is 0.183 e. The molecule has 1 atom stereocenters. The summed E-state index contributed by atoms with van der Waals surface area (Å²) in [5.74, 6) is 0.221. The number of carbonyl (C=O) groups is 1. The van der Waals surface area contributed by atoms with Crippen LogP contribution >= 0.6 is 0 Å². The molecule has 0 N–H and O–H groups in total. The van der Waals surface area contributed by atoms with Crippen molar-refractivity contribution >= 4 is 11.5 Å². The van der Waals surface area contributed by atoms with E-state index >= 15 is 0 Å². The van der Waals surface area contributed by atoms with Crippen molar-refractivity contribution in [1.29, 1.82) is 0 Å². The van der Waals surface area contributed by atoms with Gasteiger partial charge in [-0.25, -0.2) is 0 Å². The van der Waals surface area contributed by atoms with Gasteiger partial charge in [-0.15, -0.1) is 0 Å². The molecule has 0 amide bonds. The van der Waals surface area contributed by atoms with Crippen molar-refractivity contribution in [3.63, 3.8) is 0 Å². The standard InChI is InChI=1S/C31H48N2O/c1-10-31(24-25-14-12-11-13-15-25,33(9)23-21-30(5,6)7)28(34)26-16-18-27(19-17-26)32(8)22-20-29(2,3)4/h11-19H,10,20-24H2,1-9H3. The van der Waals surface area contributed by atoms with Crippen LogP contribution in [0.5, 0.6) is 0 Å². The number of hydrogen-bond donors (Lipinski definition) is 0. The Balaban J connectivity index is 2.33. The Kier molecular flexibility index (Phi) is 9.53. The minimum absolute atomic E-state index is 0.221. The third-order valence-electron chi connectivity index (χ3n) is 7.04. The van der Waals surface area contributed by atoms with Gasteiger partial charge in [0.05, 0.1) is 5.54 Å². The number of likely N-dealkylation sites (N-methyl/N-ethyl adjacent to an activating group) is 1. The Labute approximate surface area is 209 Å². The van der Waals surface area contributed by atoms with E-state index in [1.807, 2.05) is 18.2 Å². The van der Waals surface area contributed by atoms with Crippen molar-refractivity contribution in [2.24, 2.45) is 10.8 Å². The Hall–Kier alpha value is -2.13. The first-order chi connectivity index (χ1) is 15.8. The van der Waals surface area contributed by atoms with E-state index in [4.69, 9.17) is 0 Å². The highest BCUT2D eigenvalue weighted by molar-refractivity contribution is 6.03. The molecule has 0 spiro atoms. The van der Waals surface area contributed by atoms with Crippen molar-refractivity contribution in [2.45, 2.75) is 79.7 Å². The van der Waals surface area contributed by atoms with Gasteiger partial charge >= 0.3 is 0 Å². The summed E-state index contributed by atoms with van der Waals surface area (Å²) in [6.07, 6.45) is 3.66. The van der Waals surface area contributed by atoms with Crippen molar-refractivity contribution in [1.82, 2.24) is 4.90 Å². The van der Waals surface area contributed by atoms with Crippen LogP contribution in [0.25, 0.3) is 0 Å². The SMILES string of the molecule is CCC(Cc1ccccc1)(C(=O)c1ccc(N(C)CCC(C)(C)C)cc1)N(C)CCC(C)(C)C. The predicted molar refractivity (Wildman–Crippen MR) is 148 cm³/mol. The number of Topliss-reactive ketones (excluding diaryl/α,β-unsaturated/α-hetero) is 1. The molecular formula is C31H48N2O. The van der Waals surface area contributed by atoms with Crippen molar-refractivity contribution in [3.05, 3.63) is 65.7 Å². The minimum Gasteiger partial charge on any atom is -0.375 e. The molecule has 3 heteroatoms. The summed E-state index contributed by atoms with van der Waals surface area (Å²) in [7, 11) is 4.26. The van der Waals surface area contributed by atoms with Gasteiger partial charge in [-0.2, -0.15) is 0 Å². The van der Waals surface area contributed by atoms with E-state index in [2.05, 4.69) is 109 Å². The first kappa shape index (κ1) is 28.1. The number of hydrogen-bond acceptors (Lipinski definition) is 3. The van der Waals surface area contributed by atoms with Crippen LogP contribution in [-0.4, -0.2) is 43.4 Å². The van der Waals surface area contributed by atoms with E-state index in [1.165, 1.54) is 5.56 Å². The molecule has 0 aromatic heterocycles. The molecule has 1 unspecified atom stereocenters. The minimum atomic E-state index is -0.563. The number of ketones is 1. The van der Waals surface area contributed by atoms with Crippen LogP contribution in [-0.2, 0) is 6.42 Å². The maximum absolute atomic E-state index is 14.2. The third-order valence-corrected chi connectivity index (χ3v) is 7.04. The van der Waals surface area contributed by atoms with Crippen LogP contribution in [0.2, 0.25) is 0 Å². The van der Waals surface area contributed by atoms with Crippen molar-refractivity contribution in [2.75, 3.05) is 32.1 Å². The van der Waals surface area contributed by atoms with Gasteiger partial charge in [0.1, 0.15) is 0 Å². The molecule has 0 aliphatic rings. The fraction of sp³-hybridized carbons (Fsp3) is 0.581. The maximum atomic E-state index is 14.2. The molecule has 0 radical (unpaired) electrons. The van der Waals surface area contributed by atoms with Crippen LogP contribution in [0, 0.1) is 10.8 Å². The van der Waals surface area contributed by atoms with Crippen LogP contribution in [0.15, 0.2) is 54.6 Å². The smallest absolute Gasteiger partial charge is 0.183 e. The normalized spacial score (nSPS) is 14.2. The Morgan fingerprint density at radius 2 is 1.29 bits per heavy atom. The van der Waals surface area contributed by atoms with Gasteiger partial charge in [-0.05, 0) is 79.9 Å². The van der Waals surface area contributed by atoms with E-state index in [-0.39, 0.29) is 11.2 Å². The summed E-state index contributed by atoms with van der Waals surface area (Å²) in [5.41, 5.74) is 3.13. The Bertz CT molecular complexity index is 890. The first-order valence-corrected chi connectivity index (χ1v) is 12.9. The highest BCUT2D eigenvalue weighted by Crippen LogP contribution is 2.31. The fourth-order valence-corrected chi connectivity index (χ4v) is 4.36. The number of rotatable bonds is 11. The molecule has 0 heterocycles. The molecule has 2 aromatic carbocycles. The molecule has 0 fully saturated rings. The highest BCUT2D eigenvalue weighted by Gasteiger charge is 2.41. The summed E-state index contributed by atoms with van der Waals surface area (Å²) in [6.45, 7) is 17.7. The lowest BCUT2D eigenvalue weighted by Gasteiger charge is -2.41. The quantitative estimate of drug-likeness (QED) is 0.322. The molecule has 0 bridgehead atoms.